The van der Waals surface area contributed by atoms with E-state index in [1.807, 2.05) is 0 Å². The lowest BCUT2D eigenvalue weighted by Gasteiger charge is -2.45. The van der Waals surface area contributed by atoms with Crippen molar-refractivity contribution in [2.24, 2.45) is 17.3 Å². The summed E-state index contributed by atoms with van der Waals surface area (Å²) in [5.74, 6) is 1.25. The Morgan fingerprint density at radius 1 is 1.00 bits per heavy atom. The fraction of sp³-hybridized carbons (Fsp3) is 0.962. The monoisotopic (exact) mass is 448 g/mol. The lowest BCUT2D eigenvalue weighted by Crippen LogP contribution is -2.53. The van der Waals surface area contributed by atoms with Gasteiger partial charge in [-0.15, -0.1) is 0 Å². The summed E-state index contributed by atoms with van der Waals surface area (Å²) in [5, 5.41) is 3.32. The molecule has 2 heterocycles. The second-order valence-electron chi connectivity index (χ2n) is 13.1. The van der Waals surface area contributed by atoms with Gasteiger partial charge in [0, 0.05) is 11.0 Å². The first-order valence-electron chi connectivity index (χ1n) is 13.1. The van der Waals surface area contributed by atoms with Gasteiger partial charge in [0.2, 0.25) is 5.91 Å². The third-order valence-electron chi connectivity index (χ3n) is 8.65. The van der Waals surface area contributed by atoms with Gasteiger partial charge in [-0.2, -0.15) is 0 Å². The van der Waals surface area contributed by atoms with Crippen molar-refractivity contribution in [1.29, 1.82) is 0 Å². The van der Waals surface area contributed by atoms with E-state index in [0.29, 0.717) is 11.8 Å². The largest absolute Gasteiger partial charge is 0.457 e. The van der Waals surface area contributed by atoms with Crippen LogP contribution in [0.25, 0.3) is 0 Å². The third-order valence-corrected chi connectivity index (χ3v) is 8.65. The molecule has 2 unspecified atom stereocenters. The van der Waals surface area contributed by atoms with Crippen LogP contribution < -0.4 is 5.32 Å². The summed E-state index contributed by atoms with van der Waals surface area (Å²) in [6.07, 6.45) is 9.09. The van der Waals surface area contributed by atoms with E-state index < -0.39 is 0 Å². The Morgan fingerprint density at radius 3 is 2.16 bits per heavy atom. The highest BCUT2D eigenvalue weighted by Crippen LogP contribution is 2.48. The topological polar surface area (TPSA) is 50.8 Å². The fourth-order valence-electron chi connectivity index (χ4n) is 5.89. The van der Waals surface area contributed by atoms with Crippen LogP contribution in [-0.2, 0) is 14.1 Å². The summed E-state index contributed by atoms with van der Waals surface area (Å²) in [6, 6.07) is 0. The molecule has 0 bridgehead atoms. The van der Waals surface area contributed by atoms with Gasteiger partial charge in [0.05, 0.1) is 11.2 Å². The molecule has 0 radical (unpaired) electrons. The van der Waals surface area contributed by atoms with Crippen LogP contribution in [0.1, 0.15) is 100 Å². The van der Waals surface area contributed by atoms with E-state index in [0.717, 1.165) is 38.5 Å². The molecule has 184 valence electrons. The number of rotatable bonds is 7. The van der Waals surface area contributed by atoms with Crippen LogP contribution in [0, 0.1) is 17.3 Å². The quantitative estimate of drug-likeness (QED) is 0.538. The van der Waals surface area contributed by atoms with E-state index in [-0.39, 0.29) is 35.2 Å². The highest BCUT2D eigenvalue weighted by molar-refractivity contribution is 6.45. The SMILES string of the molecule is CC(C)(C)NC(=O)C1(C)C[C@H](CCB2OC(C)(C)C(C)(C)O2)CCC1CCN1CCCC1. The van der Waals surface area contributed by atoms with Gasteiger partial charge in [-0.25, -0.2) is 0 Å². The number of nitrogens with zero attached hydrogens (tertiary/aromatic N) is 1. The van der Waals surface area contributed by atoms with Crippen molar-refractivity contribution in [3.63, 3.8) is 0 Å². The van der Waals surface area contributed by atoms with Crippen LogP contribution in [0.5, 0.6) is 0 Å². The van der Waals surface area contributed by atoms with E-state index in [2.05, 4.69) is 65.6 Å². The van der Waals surface area contributed by atoms with Crippen molar-refractivity contribution in [1.82, 2.24) is 10.2 Å². The summed E-state index contributed by atoms with van der Waals surface area (Å²) >= 11 is 0. The van der Waals surface area contributed by atoms with Crippen LogP contribution in [0.2, 0.25) is 6.32 Å². The molecule has 0 aromatic carbocycles. The molecule has 2 aliphatic heterocycles. The maximum atomic E-state index is 13.5. The Balaban J connectivity index is 1.62. The van der Waals surface area contributed by atoms with Gasteiger partial charge < -0.3 is 19.5 Å². The molecule has 1 saturated carbocycles. The van der Waals surface area contributed by atoms with E-state index in [4.69, 9.17) is 9.31 Å². The molecule has 2 saturated heterocycles. The second-order valence-corrected chi connectivity index (χ2v) is 13.1. The molecule has 3 aliphatic rings. The van der Waals surface area contributed by atoms with Gasteiger partial charge in [0.25, 0.3) is 0 Å². The van der Waals surface area contributed by atoms with E-state index in [1.165, 1.54) is 32.4 Å². The van der Waals surface area contributed by atoms with Crippen LogP contribution >= 0.6 is 0 Å². The molecule has 3 rings (SSSR count). The van der Waals surface area contributed by atoms with E-state index in [9.17, 15) is 4.79 Å². The minimum atomic E-state index is -0.300. The second kappa shape index (κ2) is 9.58. The Bertz CT molecular complexity index is 638. The molecular weight excluding hydrogens is 399 g/mol. The normalized spacial score (nSPS) is 32.9. The molecular formula is C26H49BN2O3. The third kappa shape index (κ3) is 6.10. The van der Waals surface area contributed by atoms with Gasteiger partial charge in [0.1, 0.15) is 0 Å². The zero-order chi connectivity index (χ0) is 23.8. The molecule has 3 fully saturated rings. The van der Waals surface area contributed by atoms with Crippen molar-refractivity contribution in [3.8, 4) is 0 Å². The van der Waals surface area contributed by atoms with Gasteiger partial charge in [0.15, 0.2) is 0 Å². The predicted octanol–water partition coefficient (Wildman–Crippen LogP) is 5.29. The minimum absolute atomic E-state index is 0.137. The zero-order valence-electron chi connectivity index (χ0n) is 22.2. The molecule has 0 aromatic rings. The number of likely N-dealkylation sites (tertiary alicyclic amines) is 1. The van der Waals surface area contributed by atoms with Crippen LogP contribution in [0.4, 0.5) is 0 Å². The van der Waals surface area contributed by atoms with Crippen molar-refractivity contribution >= 4 is 13.0 Å². The van der Waals surface area contributed by atoms with Gasteiger partial charge in [-0.1, -0.05) is 19.8 Å². The first-order chi connectivity index (χ1) is 14.7. The summed E-state index contributed by atoms with van der Waals surface area (Å²) in [7, 11) is -0.137. The Morgan fingerprint density at radius 2 is 1.59 bits per heavy atom. The molecule has 5 nitrogen and oxygen atoms in total. The van der Waals surface area contributed by atoms with Crippen molar-refractivity contribution in [2.75, 3.05) is 19.6 Å². The number of carbonyl (C=O) groups is 1. The molecule has 1 amide bonds. The molecule has 1 N–H and O–H groups in total. The maximum absolute atomic E-state index is 13.5. The standard InChI is InChI=1S/C26H49BN2O3/c1-23(2,3)28-22(30)26(8)19-20(11-12-21(26)14-18-29-16-9-10-17-29)13-15-27-31-24(4,5)25(6,7)32-27/h20-21H,9-19H2,1-8H3,(H,28,30)/t20-,21?,26?/m0/s1. The predicted molar refractivity (Wildman–Crippen MR) is 133 cm³/mol. The minimum Gasteiger partial charge on any atom is -0.403 e. The van der Waals surface area contributed by atoms with E-state index >= 15 is 0 Å². The highest BCUT2D eigenvalue weighted by Gasteiger charge is 2.51. The average Bonchev–Trinajstić information content (AvgIpc) is 3.23. The van der Waals surface area contributed by atoms with Crippen LogP contribution in [0.3, 0.4) is 0 Å². The molecule has 0 spiro atoms. The van der Waals surface area contributed by atoms with Crippen LogP contribution in [-0.4, -0.2) is 54.3 Å². The Kier molecular flexibility index (Phi) is 7.79. The first kappa shape index (κ1) is 26.0. The Labute approximate surface area is 197 Å². The molecule has 3 atom stereocenters. The van der Waals surface area contributed by atoms with Gasteiger partial charge >= 0.3 is 7.12 Å². The number of hydrogen-bond acceptors (Lipinski definition) is 4. The van der Waals surface area contributed by atoms with Crippen LogP contribution in [0.15, 0.2) is 0 Å². The lowest BCUT2D eigenvalue weighted by molar-refractivity contribution is -0.138. The molecule has 1 aliphatic carbocycles. The summed E-state index contributed by atoms with van der Waals surface area (Å²) in [6.45, 7) is 20.6. The molecule has 0 aromatic heterocycles. The van der Waals surface area contributed by atoms with Crippen molar-refractivity contribution in [2.45, 2.75) is 123 Å². The molecule has 6 heteroatoms. The fourth-order valence-corrected chi connectivity index (χ4v) is 5.89. The molecule has 32 heavy (non-hydrogen) atoms. The van der Waals surface area contributed by atoms with Crippen molar-refractivity contribution in [3.05, 3.63) is 0 Å². The summed E-state index contributed by atoms with van der Waals surface area (Å²) in [4.78, 5) is 16.1. The Hall–Kier alpha value is -0.585. The van der Waals surface area contributed by atoms with Gasteiger partial charge in [-0.05, 0) is 118 Å². The number of carbonyl (C=O) groups excluding carboxylic acids is 1. The first-order valence-corrected chi connectivity index (χ1v) is 13.1. The summed E-state index contributed by atoms with van der Waals surface area (Å²) in [5.41, 5.74) is -1.04. The summed E-state index contributed by atoms with van der Waals surface area (Å²) < 4.78 is 12.5. The van der Waals surface area contributed by atoms with Gasteiger partial charge in [-0.3, -0.25) is 4.79 Å². The zero-order valence-corrected chi connectivity index (χ0v) is 22.2. The average molecular weight is 449 g/mol. The number of nitrogens with one attached hydrogen (secondary N) is 1. The lowest BCUT2D eigenvalue weighted by atomic mass is 9.60. The maximum Gasteiger partial charge on any atom is 0.457 e. The van der Waals surface area contributed by atoms with Crippen molar-refractivity contribution < 1.29 is 14.1 Å². The smallest absolute Gasteiger partial charge is 0.403 e. The number of hydrogen-bond donors (Lipinski definition) is 1. The van der Waals surface area contributed by atoms with E-state index in [1.54, 1.807) is 0 Å². The number of amides is 1. The highest BCUT2D eigenvalue weighted by atomic mass is 16.7.